The van der Waals surface area contributed by atoms with Crippen LogP contribution >= 0.6 is 0 Å². The van der Waals surface area contributed by atoms with Crippen LogP contribution in [-0.2, 0) is 6.54 Å². The summed E-state index contributed by atoms with van der Waals surface area (Å²) in [5, 5.41) is 5.32. The normalized spacial score (nSPS) is 11.7. The fraction of sp³-hybridized carbons (Fsp3) is 0.353. The van der Waals surface area contributed by atoms with Gasteiger partial charge in [0, 0.05) is 17.3 Å². The topological polar surface area (TPSA) is 31.0 Å². The van der Waals surface area contributed by atoms with Crippen LogP contribution in [0, 0.1) is 13.8 Å². The maximum absolute atomic E-state index is 5.24. The standard InChI is InChI=1S/C17H20N2O/c1-11(2)14-5-6-17-15(9-14)7-8-19(17)10-16-12(3)18-20-13(16)4/h5-9,11H,10H2,1-4H3. The average Bonchev–Trinajstić information content (AvgIpc) is 2.97. The quantitative estimate of drug-likeness (QED) is 0.704. The van der Waals surface area contributed by atoms with Crippen molar-refractivity contribution in [1.29, 1.82) is 0 Å². The van der Waals surface area contributed by atoms with Crippen molar-refractivity contribution in [2.24, 2.45) is 0 Å². The Morgan fingerprint density at radius 1 is 1.20 bits per heavy atom. The molecule has 0 atom stereocenters. The highest BCUT2D eigenvalue weighted by Gasteiger charge is 2.11. The molecule has 0 spiro atoms. The lowest BCUT2D eigenvalue weighted by Gasteiger charge is -2.08. The molecule has 104 valence electrons. The van der Waals surface area contributed by atoms with Crippen molar-refractivity contribution >= 4 is 10.9 Å². The molecule has 0 unspecified atom stereocenters. The Kier molecular flexibility index (Phi) is 3.13. The van der Waals surface area contributed by atoms with Gasteiger partial charge in [-0.3, -0.25) is 0 Å². The number of rotatable bonds is 3. The predicted molar refractivity (Wildman–Crippen MR) is 81.1 cm³/mol. The summed E-state index contributed by atoms with van der Waals surface area (Å²) < 4.78 is 7.50. The van der Waals surface area contributed by atoms with Crippen LogP contribution in [-0.4, -0.2) is 9.72 Å². The molecule has 0 bridgehead atoms. The summed E-state index contributed by atoms with van der Waals surface area (Å²) in [4.78, 5) is 0. The molecule has 0 radical (unpaired) electrons. The van der Waals surface area contributed by atoms with Crippen LogP contribution in [0.5, 0.6) is 0 Å². The van der Waals surface area contributed by atoms with E-state index in [2.05, 4.69) is 54.0 Å². The molecule has 0 aliphatic carbocycles. The molecule has 1 aromatic carbocycles. The summed E-state index contributed by atoms with van der Waals surface area (Å²) in [6, 6.07) is 8.89. The number of hydrogen-bond donors (Lipinski definition) is 0. The molecule has 0 aliphatic heterocycles. The molecule has 20 heavy (non-hydrogen) atoms. The minimum atomic E-state index is 0.560. The summed E-state index contributed by atoms with van der Waals surface area (Å²) in [5.74, 6) is 1.47. The van der Waals surface area contributed by atoms with Gasteiger partial charge in [0.2, 0.25) is 0 Å². The Bertz CT molecular complexity index is 730. The molecule has 0 N–H and O–H groups in total. The number of benzene rings is 1. The van der Waals surface area contributed by atoms with Crippen molar-refractivity contribution in [2.75, 3.05) is 0 Å². The van der Waals surface area contributed by atoms with Crippen molar-refractivity contribution in [2.45, 2.75) is 40.2 Å². The summed E-state index contributed by atoms with van der Waals surface area (Å²) in [6.45, 7) is 9.22. The number of nitrogens with zero attached hydrogens (tertiary/aromatic N) is 2. The second kappa shape index (κ2) is 4.82. The van der Waals surface area contributed by atoms with Crippen LogP contribution < -0.4 is 0 Å². The molecule has 3 nitrogen and oxygen atoms in total. The van der Waals surface area contributed by atoms with Gasteiger partial charge in [0.15, 0.2) is 0 Å². The average molecular weight is 268 g/mol. The second-order valence-electron chi connectivity index (χ2n) is 5.72. The minimum Gasteiger partial charge on any atom is -0.361 e. The van der Waals surface area contributed by atoms with Crippen molar-refractivity contribution in [3.05, 3.63) is 53.0 Å². The predicted octanol–water partition coefficient (Wildman–Crippen LogP) is 4.42. The smallest absolute Gasteiger partial charge is 0.138 e. The minimum absolute atomic E-state index is 0.560. The fourth-order valence-electron chi connectivity index (χ4n) is 2.61. The molecule has 0 saturated carbocycles. The van der Waals surface area contributed by atoms with Gasteiger partial charge < -0.3 is 9.09 Å². The third-order valence-corrected chi connectivity index (χ3v) is 3.97. The lowest BCUT2D eigenvalue weighted by atomic mass is 10.0. The maximum atomic E-state index is 5.24. The molecular weight excluding hydrogens is 248 g/mol. The SMILES string of the molecule is Cc1noc(C)c1Cn1ccc2cc(C(C)C)ccc21. The second-order valence-corrected chi connectivity index (χ2v) is 5.72. The number of aromatic nitrogens is 2. The van der Waals surface area contributed by atoms with E-state index >= 15 is 0 Å². The van der Waals surface area contributed by atoms with Gasteiger partial charge in [0.25, 0.3) is 0 Å². The van der Waals surface area contributed by atoms with E-state index in [1.165, 1.54) is 22.0 Å². The maximum Gasteiger partial charge on any atom is 0.138 e. The zero-order valence-corrected chi connectivity index (χ0v) is 12.5. The molecule has 3 heteroatoms. The number of aryl methyl sites for hydroxylation is 2. The Morgan fingerprint density at radius 3 is 2.65 bits per heavy atom. The monoisotopic (exact) mass is 268 g/mol. The van der Waals surface area contributed by atoms with Gasteiger partial charge in [0.05, 0.1) is 12.2 Å². The highest BCUT2D eigenvalue weighted by molar-refractivity contribution is 5.81. The molecule has 0 amide bonds. The van der Waals surface area contributed by atoms with E-state index in [0.29, 0.717) is 5.92 Å². The van der Waals surface area contributed by atoms with Crippen molar-refractivity contribution < 1.29 is 4.52 Å². The Morgan fingerprint density at radius 2 is 2.00 bits per heavy atom. The molecule has 2 heterocycles. The molecule has 3 aromatic rings. The van der Waals surface area contributed by atoms with E-state index in [9.17, 15) is 0 Å². The van der Waals surface area contributed by atoms with E-state index in [1.54, 1.807) is 0 Å². The van der Waals surface area contributed by atoms with Crippen LogP contribution in [0.3, 0.4) is 0 Å². The van der Waals surface area contributed by atoms with Crippen LogP contribution in [0.1, 0.15) is 42.3 Å². The van der Waals surface area contributed by atoms with E-state index in [-0.39, 0.29) is 0 Å². The Hall–Kier alpha value is -2.03. The van der Waals surface area contributed by atoms with E-state index in [4.69, 9.17) is 4.52 Å². The first-order valence-electron chi connectivity index (χ1n) is 7.07. The molecule has 2 aromatic heterocycles. The van der Waals surface area contributed by atoms with Crippen LogP contribution in [0.2, 0.25) is 0 Å². The molecule has 3 rings (SSSR count). The van der Waals surface area contributed by atoms with Crippen molar-refractivity contribution in [3.63, 3.8) is 0 Å². The van der Waals surface area contributed by atoms with E-state index in [1.807, 2.05) is 13.8 Å². The zero-order valence-electron chi connectivity index (χ0n) is 12.5. The first kappa shape index (κ1) is 13.0. The van der Waals surface area contributed by atoms with Crippen LogP contribution in [0.4, 0.5) is 0 Å². The Labute approximate surface area is 119 Å². The van der Waals surface area contributed by atoms with Crippen LogP contribution in [0.15, 0.2) is 35.0 Å². The van der Waals surface area contributed by atoms with Crippen LogP contribution in [0.25, 0.3) is 10.9 Å². The number of hydrogen-bond acceptors (Lipinski definition) is 2. The highest BCUT2D eigenvalue weighted by Crippen LogP contribution is 2.24. The van der Waals surface area contributed by atoms with Gasteiger partial charge in [-0.1, -0.05) is 25.1 Å². The summed E-state index contributed by atoms with van der Waals surface area (Å²) >= 11 is 0. The number of fused-ring (bicyclic) bond motifs is 1. The lowest BCUT2D eigenvalue weighted by molar-refractivity contribution is 0.392. The van der Waals surface area contributed by atoms with Gasteiger partial charge in [-0.15, -0.1) is 0 Å². The summed E-state index contributed by atoms with van der Waals surface area (Å²) in [5.41, 5.74) is 4.79. The van der Waals surface area contributed by atoms with Crippen molar-refractivity contribution in [1.82, 2.24) is 9.72 Å². The highest BCUT2D eigenvalue weighted by atomic mass is 16.5. The van der Waals surface area contributed by atoms with Crippen molar-refractivity contribution in [3.8, 4) is 0 Å². The first-order chi connectivity index (χ1) is 9.56. The summed E-state index contributed by atoms with van der Waals surface area (Å²) in [6.07, 6.45) is 2.14. The molecular formula is C17H20N2O. The molecule has 0 aliphatic rings. The van der Waals surface area contributed by atoms with Gasteiger partial charge in [-0.2, -0.15) is 0 Å². The Balaban J connectivity index is 2.01. The first-order valence-corrected chi connectivity index (χ1v) is 7.07. The van der Waals surface area contributed by atoms with Gasteiger partial charge in [-0.05, 0) is 48.9 Å². The molecule has 0 saturated heterocycles. The third kappa shape index (κ3) is 2.13. The van der Waals surface area contributed by atoms with Gasteiger partial charge in [-0.25, -0.2) is 0 Å². The largest absolute Gasteiger partial charge is 0.361 e. The fourth-order valence-corrected chi connectivity index (χ4v) is 2.61. The van der Waals surface area contributed by atoms with Gasteiger partial charge in [0.1, 0.15) is 5.76 Å². The van der Waals surface area contributed by atoms with Gasteiger partial charge >= 0.3 is 0 Å². The molecule has 0 fully saturated rings. The van der Waals surface area contributed by atoms with E-state index < -0.39 is 0 Å². The van der Waals surface area contributed by atoms with E-state index in [0.717, 1.165) is 18.0 Å². The summed E-state index contributed by atoms with van der Waals surface area (Å²) in [7, 11) is 0. The lowest BCUT2D eigenvalue weighted by Crippen LogP contribution is -2.00. The third-order valence-electron chi connectivity index (χ3n) is 3.97. The zero-order chi connectivity index (χ0) is 14.3.